The van der Waals surface area contributed by atoms with Gasteiger partial charge in [-0.25, -0.2) is 0 Å². The molecule has 0 saturated heterocycles. The van der Waals surface area contributed by atoms with Crippen molar-refractivity contribution in [1.82, 2.24) is 0 Å². The number of benzene rings is 1. The third kappa shape index (κ3) is 12.6. The summed E-state index contributed by atoms with van der Waals surface area (Å²) in [5.74, 6) is 0. The van der Waals surface area contributed by atoms with E-state index >= 15 is 0 Å². The Kier molecular flexibility index (Phi) is 32.2. The standard InChI is InChI=1S/C12H10O2.5CO.Cr/c1-13-8-10-4-2-3-5-12(10)11-6-7-14-9-11;5*1-2;/h2-7,9H,1H3;;;;;;. The van der Waals surface area contributed by atoms with Crippen LogP contribution in [0.3, 0.4) is 0 Å². The van der Waals surface area contributed by atoms with Gasteiger partial charge < -0.3 is 0 Å². The van der Waals surface area contributed by atoms with Gasteiger partial charge in [0.25, 0.3) is 0 Å². The van der Waals surface area contributed by atoms with Crippen molar-refractivity contribution in [3.05, 3.63) is 81.7 Å². The summed E-state index contributed by atoms with van der Waals surface area (Å²) in [6.45, 7) is 22.5. The molecule has 1 aromatic heterocycles. The first-order valence-corrected chi connectivity index (χ1v) is 6.18. The van der Waals surface area contributed by atoms with Crippen LogP contribution in [-0.4, -0.2) is 11.7 Å². The minimum absolute atomic E-state index is 0.784. The SMILES string of the molecule is CO[C](=[Cr])c1ccccc1-c1ccoc1.[C-]#[O+].[C-]#[O+].[C-]#[O+].[C-]#[O+].[C-]#[O+]. The quantitative estimate of drug-likeness (QED) is 0.602. The summed E-state index contributed by atoms with van der Waals surface area (Å²) in [5, 5.41) is 0. The molecule has 126 valence electrons. The Morgan fingerprint density at radius 2 is 1.36 bits per heavy atom. The molecule has 0 atom stereocenters. The summed E-state index contributed by atoms with van der Waals surface area (Å²) in [6.07, 6.45) is 3.39. The van der Waals surface area contributed by atoms with Crippen LogP contribution in [0.15, 0.2) is 47.3 Å². The second-order valence-electron chi connectivity index (χ2n) is 3.05. The molecule has 0 amide bonds. The van der Waals surface area contributed by atoms with Crippen LogP contribution in [0.5, 0.6) is 0 Å². The fourth-order valence-electron chi connectivity index (χ4n) is 1.44. The van der Waals surface area contributed by atoms with Crippen molar-refractivity contribution >= 4 is 4.57 Å². The molecule has 25 heavy (non-hydrogen) atoms. The molecule has 0 aliphatic carbocycles. The van der Waals surface area contributed by atoms with Gasteiger partial charge in [-0.05, 0) is 0 Å². The summed E-state index contributed by atoms with van der Waals surface area (Å²) >= 11 is 2.91. The van der Waals surface area contributed by atoms with E-state index in [1.165, 1.54) is 0 Å². The maximum atomic E-state index is 7.50. The normalized spacial score (nSPS) is 6.52. The fourth-order valence-corrected chi connectivity index (χ4v) is 1.72. The van der Waals surface area contributed by atoms with Crippen LogP contribution in [-0.2, 0) is 43.8 Å². The zero-order valence-corrected chi connectivity index (χ0v) is 14.1. The van der Waals surface area contributed by atoms with Gasteiger partial charge >= 0.3 is 153 Å². The minimum atomic E-state index is 0.784. The number of hydrogen-bond donors (Lipinski definition) is 0. The molecular formula is C17H10CrO7. The fraction of sp³-hybridized carbons (Fsp3) is 0.0588. The van der Waals surface area contributed by atoms with Crippen molar-refractivity contribution in [2.24, 2.45) is 0 Å². The predicted octanol–water partition coefficient (Wildman–Crippen LogP) is 2.43. The molecule has 2 aromatic rings. The van der Waals surface area contributed by atoms with Gasteiger partial charge in [-0.1, -0.05) is 0 Å². The second kappa shape index (κ2) is 26.5. The summed E-state index contributed by atoms with van der Waals surface area (Å²) in [7, 11) is 1.65. The molecule has 1 heterocycles. The molecule has 0 aliphatic heterocycles. The van der Waals surface area contributed by atoms with Crippen LogP contribution in [0, 0.1) is 33.3 Å². The summed E-state index contributed by atoms with van der Waals surface area (Å²) in [4.78, 5) is 0. The summed E-state index contributed by atoms with van der Waals surface area (Å²) in [5.41, 5.74) is 3.19. The van der Waals surface area contributed by atoms with Gasteiger partial charge in [0.15, 0.2) is 0 Å². The molecule has 0 saturated carbocycles. The molecule has 0 spiro atoms. The molecule has 0 unspecified atom stereocenters. The van der Waals surface area contributed by atoms with Crippen LogP contribution in [0.1, 0.15) is 5.56 Å². The second-order valence-corrected chi connectivity index (χ2v) is 3.63. The first kappa shape index (κ1) is 30.4. The van der Waals surface area contributed by atoms with E-state index in [4.69, 9.17) is 32.4 Å². The van der Waals surface area contributed by atoms with Gasteiger partial charge in [0, 0.05) is 0 Å². The molecule has 2 rings (SSSR count). The van der Waals surface area contributed by atoms with E-state index in [1.807, 2.05) is 30.3 Å². The van der Waals surface area contributed by atoms with Gasteiger partial charge in [0.05, 0.1) is 0 Å². The number of ether oxygens (including phenoxy) is 1. The van der Waals surface area contributed by atoms with Gasteiger partial charge in [0.1, 0.15) is 0 Å². The predicted molar refractivity (Wildman–Crippen MR) is 74.9 cm³/mol. The van der Waals surface area contributed by atoms with E-state index in [0.717, 1.165) is 21.3 Å². The molecule has 1 aromatic carbocycles. The first-order chi connectivity index (χ1) is 12.3. The van der Waals surface area contributed by atoms with Crippen LogP contribution >= 0.6 is 0 Å². The molecule has 8 heteroatoms. The number of rotatable bonds is 3. The Hall–Kier alpha value is -2.44. The Morgan fingerprint density at radius 3 is 1.76 bits per heavy atom. The van der Waals surface area contributed by atoms with Crippen LogP contribution in [0.25, 0.3) is 11.1 Å². The van der Waals surface area contributed by atoms with Crippen LogP contribution < -0.4 is 0 Å². The Labute approximate surface area is 153 Å². The molecule has 0 bridgehead atoms. The monoisotopic (exact) mass is 378 g/mol. The summed E-state index contributed by atoms with van der Waals surface area (Å²) in [6, 6.07) is 9.96. The Balaban J connectivity index is -0.000000191. The van der Waals surface area contributed by atoms with E-state index < -0.39 is 0 Å². The summed E-state index contributed by atoms with van der Waals surface area (Å²) < 4.78 is 48.6. The van der Waals surface area contributed by atoms with Crippen LogP contribution in [0.4, 0.5) is 0 Å². The van der Waals surface area contributed by atoms with Crippen molar-refractivity contribution in [3.8, 4) is 11.1 Å². The Morgan fingerprint density at radius 1 is 0.880 bits per heavy atom. The molecule has 7 nitrogen and oxygen atoms in total. The van der Waals surface area contributed by atoms with Crippen molar-refractivity contribution in [2.75, 3.05) is 7.11 Å². The van der Waals surface area contributed by atoms with E-state index in [9.17, 15) is 0 Å². The van der Waals surface area contributed by atoms with E-state index in [2.05, 4.69) is 49.1 Å². The maximum absolute atomic E-state index is 7.50. The molecule has 0 radical (unpaired) electrons. The van der Waals surface area contributed by atoms with Crippen LogP contribution in [0.2, 0.25) is 0 Å². The van der Waals surface area contributed by atoms with Gasteiger partial charge in [-0.15, -0.1) is 0 Å². The van der Waals surface area contributed by atoms with Crippen molar-refractivity contribution in [3.63, 3.8) is 0 Å². The zero-order chi connectivity index (χ0) is 20.7. The molecular weight excluding hydrogens is 368 g/mol. The molecule has 0 aliphatic rings. The number of furan rings is 1. The van der Waals surface area contributed by atoms with E-state index in [1.54, 1.807) is 19.6 Å². The molecule has 0 fully saturated rings. The van der Waals surface area contributed by atoms with E-state index in [0.29, 0.717) is 0 Å². The van der Waals surface area contributed by atoms with Gasteiger partial charge in [-0.2, -0.15) is 0 Å². The zero-order valence-electron chi connectivity index (χ0n) is 12.8. The molecule has 0 N–H and O–H groups in total. The van der Waals surface area contributed by atoms with E-state index in [-0.39, 0.29) is 0 Å². The van der Waals surface area contributed by atoms with Crippen molar-refractivity contribution in [2.45, 2.75) is 0 Å². The van der Waals surface area contributed by atoms with Gasteiger partial charge in [-0.3, -0.25) is 0 Å². The van der Waals surface area contributed by atoms with Crippen molar-refractivity contribution < 1.29 is 48.3 Å². The third-order valence-electron chi connectivity index (χ3n) is 2.16. The van der Waals surface area contributed by atoms with Crippen molar-refractivity contribution in [1.29, 1.82) is 0 Å². The average Bonchev–Trinajstić information content (AvgIpc) is 3.29. The third-order valence-corrected chi connectivity index (χ3v) is 2.77. The van der Waals surface area contributed by atoms with Gasteiger partial charge in [0.2, 0.25) is 0 Å². The number of hydrogen-bond acceptors (Lipinski definition) is 2. The Bertz CT molecular complexity index is 629. The topological polar surface area (TPSA) is 122 Å². The number of methoxy groups -OCH3 is 1. The first-order valence-electron chi connectivity index (χ1n) is 5.55. The average molecular weight is 378 g/mol.